The van der Waals surface area contributed by atoms with Gasteiger partial charge in [0, 0.05) is 25.7 Å². The average Bonchev–Trinajstić information content (AvgIpc) is 3.23. The molecule has 1 amide bonds. The van der Waals surface area contributed by atoms with Crippen LogP contribution in [0.5, 0.6) is 0 Å². The Morgan fingerprint density at radius 3 is 2.53 bits per heavy atom. The van der Waals surface area contributed by atoms with Crippen LogP contribution in [-0.2, 0) is 26.9 Å². The average molecular weight is 519 g/mol. The SMILES string of the molecule is CC(C)CN(C)c1cccc(CCC(=O)NC(Cc2ccccc2)B2OC3CCC(C)(C)[C@H](C)C3(C)O2)c1. The number of hydrogen-bond acceptors (Lipinski definition) is 4. The maximum Gasteiger partial charge on any atom is 0.482 e. The van der Waals surface area contributed by atoms with Gasteiger partial charge in [-0.3, -0.25) is 4.79 Å². The number of fused-ring (bicyclic) bond motifs is 1. The van der Waals surface area contributed by atoms with Crippen LogP contribution >= 0.6 is 0 Å². The third kappa shape index (κ3) is 6.63. The zero-order chi connectivity index (χ0) is 27.5. The van der Waals surface area contributed by atoms with Crippen molar-refractivity contribution in [1.82, 2.24) is 5.32 Å². The number of nitrogens with zero attached hydrogens (tertiary/aromatic N) is 1. The van der Waals surface area contributed by atoms with Gasteiger partial charge in [0.25, 0.3) is 0 Å². The fourth-order valence-corrected chi connectivity index (χ4v) is 6.28. The fraction of sp³-hybridized carbons (Fsp3) is 0.594. The minimum Gasteiger partial charge on any atom is -0.404 e. The molecule has 4 rings (SSSR count). The first-order chi connectivity index (χ1) is 18.0. The zero-order valence-electron chi connectivity index (χ0n) is 24.5. The van der Waals surface area contributed by atoms with Crippen molar-refractivity contribution in [3.8, 4) is 0 Å². The third-order valence-corrected chi connectivity index (χ3v) is 9.00. The molecule has 0 bridgehead atoms. The van der Waals surface area contributed by atoms with Crippen molar-refractivity contribution in [3.63, 3.8) is 0 Å². The molecule has 0 radical (unpaired) electrons. The zero-order valence-corrected chi connectivity index (χ0v) is 24.5. The summed E-state index contributed by atoms with van der Waals surface area (Å²) in [4.78, 5) is 15.5. The van der Waals surface area contributed by atoms with Gasteiger partial charge >= 0.3 is 7.12 Å². The van der Waals surface area contributed by atoms with Crippen LogP contribution in [0.2, 0.25) is 0 Å². The van der Waals surface area contributed by atoms with Gasteiger partial charge in [-0.15, -0.1) is 0 Å². The van der Waals surface area contributed by atoms with Crippen molar-refractivity contribution in [2.45, 2.75) is 91.3 Å². The highest BCUT2D eigenvalue weighted by molar-refractivity contribution is 6.48. The molecule has 2 aromatic carbocycles. The molecule has 2 aliphatic rings. The molecule has 0 aromatic heterocycles. The molecule has 38 heavy (non-hydrogen) atoms. The van der Waals surface area contributed by atoms with Crippen LogP contribution in [0.3, 0.4) is 0 Å². The molecule has 3 unspecified atom stereocenters. The van der Waals surface area contributed by atoms with E-state index in [-0.39, 0.29) is 29.0 Å². The number of amides is 1. The van der Waals surface area contributed by atoms with Gasteiger partial charge in [-0.05, 0) is 73.1 Å². The number of benzene rings is 2. The molecule has 2 aromatic rings. The lowest BCUT2D eigenvalue weighted by atomic mass is 9.61. The molecule has 206 valence electrons. The quantitative estimate of drug-likeness (QED) is 0.387. The summed E-state index contributed by atoms with van der Waals surface area (Å²) >= 11 is 0. The second-order valence-corrected chi connectivity index (χ2v) is 12.9. The molecular formula is C32H47BN2O3. The third-order valence-electron chi connectivity index (χ3n) is 9.00. The highest BCUT2D eigenvalue weighted by Crippen LogP contribution is 2.51. The lowest BCUT2D eigenvalue weighted by Gasteiger charge is -2.49. The molecule has 1 saturated carbocycles. The summed E-state index contributed by atoms with van der Waals surface area (Å²) in [6.07, 6.45) is 3.96. The van der Waals surface area contributed by atoms with Crippen molar-refractivity contribution in [2.75, 3.05) is 18.5 Å². The topological polar surface area (TPSA) is 50.8 Å². The van der Waals surface area contributed by atoms with E-state index in [0.717, 1.165) is 19.4 Å². The molecule has 4 atom stereocenters. The summed E-state index contributed by atoms with van der Waals surface area (Å²) in [6.45, 7) is 14.6. The summed E-state index contributed by atoms with van der Waals surface area (Å²) in [5.41, 5.74) is 3.38. The Morgan fingerprint density at radius 2 is 1.82 bits per heavy atom. The largest absolute Gasteiger partial charge is 0.482 e. The van der Waals surface area contributed by atoms with E-state index < -0.39 is 7.12 Å². The number of anilines is 1. The monoisotopic (exact) mass is 518 g/mol. The highest BCUT2D eigenvalue weighted by atomic mass is 16.7. The molecule has 6 heteroatoms. The summed E-state index contributed by atoms with van der Waals surface area (Å²) < 4.78 is 13.3. The molecule has 1 aliphatic carbocycles. The number of nitrogens with one attached hydrogen (secondary N) is 1. The molecule has 2 fully saturated rings. The molecular weight excluding hydrogens is 471 g/mol. The van der Waals surface area contributed by atoms with Crippen LogP contribution in [0.25, 0.3) is 0 Å². The minimum absolute atomic E-state index is 0.0347. The predicted octanol–water partition coefficient (Wildman–Crippen LogP) is 6.10. The number of aryl methyl sites for hydroxylation is 1. The van der Waals surface area contributed by atoms with E-state index in [1.165, 1.54) is 16.8 Å². The Morgan fingerprint density at radius 1 is 1.11 bits per heavy atom. The lowest BCUT2D eigenvalue weighted by Crippen LogP contribution is -2.53. The van der Waals surface area contributed by atoms with Crippen molar-refractivity contribution >= 4 is 18.7 Å². The highest BCUT2D eigenvalue weighted by Gasteiger charge is 2.59. The maximum atomic E-state index is 13.3. The number of hydrogen-bond donors (Lipinski definition) is 1. The van der Waals surface area contributed by atoms with Gasteiger partial charge in [0.2, 0.25) is 5.91 Å². The maximum absolute atomic E-state index is 13.3. The van der Waals surface area contributed by atoms with E-state index in [2.05, 4.69) is 95.2 Å². The van der Waals surface area contributed by atoms with Crippen LogP contribution < -0.4 is 10.2 Å². The standard InChI is InChI=1S/C32H47BN2O3/c1-23(2)22-35(7)27-15-11-14-26(20-27)16-17-30(36)34-29(21-25-12-9-8-10-13-25)33-37-28-18-19-31(4,5)24(3)32(28,6)38-33/h8-15,20,23-24,28-29H,16-19,21-22H2,1-7H3,(H,34,36)/t24-,28?,29?,32?/m0/s1. The lowest BCUT2D eigenvalue weighted by molar-refractivity contribution is -0.121. The van der Waals surface area contributed by atoms with E-state index in [1.807, 2.05) is 18.2 Å². The van der Waals surface area contributed by atoms with E-state index in [0.29, 0.717) is 31.1 Å². The van der Waals surface area contributed by atoms with Gasteiger partial charge in [-0.2, -0.15) is 0 Å². The predicted molar refractivity (Wildman–Crippen MR) is 157 cm³/mol. The summed E-state index contributed by atoms with van der Waals surface area (Å²) in [6, 6.07) is 18.8. The first-order valence-electron chi connectivity index (χ1n) is 14.4. The molecule has 1 heterocycles. The summed E-state index contributed by atoms with van der Waals surface area (Å²) in [5, 5.41) is 3.30. The van der Waals surface area contributed by atoms with Gasteiger partial charge in [0.1, 0.15) is 0 Å². The van der Waals surface area contributed by atoms with E-state index in [9.17, 15) is 4.79 Å². The van der Waals surface area contributed by atoms with Crippen LogP contribution in [0, 0.1) is 17.3 Å². The van der Waals surface area contributed by atoms with E-state index in [1.54, 1.807) is 0 Å². The normalized spacial score (nSPS) is 25.2. The van der Waals surface area contributed by atoms with E-state index in [4.69, 9.17) is 9.31 Å². The Hall–Kier alpha value is -2.31. The van der Waals surface area contributed by atoms with Crippen molar-refractivity contribution < 1.29 is 14.1 Å². The Balaban J connectivity index is 1.44. The van der Waals surface area contributed by atoms with Gasteiger partial charge in [0.05, 0.1) is 17.6 Å². The first-order valence-corrected chi connectivity index (χ1v) is 14.4. The summed E-state index contributed by atoms with van der Waals surface area (Å²) in [7, 11) is 1.67. The van der Waals surface area contributed by atoms with Gasteiger partial charge in [-0.1, -0.05) is 77.1 Å². The van der Waals surface area contributed by atoms with Crippen molar-refractivity contribution in [3.05, 3.63) is 65.7 Å². The first kappa shape index (κ1) is 28.7. The van der Waals surface area contributed by atoms with Crippen LogP contribution in [-0.4, -0.2) is 44.3 Å². The Kier molecular flexibility index (Phi) is 8.94. The Labute approximate surface area is 230 Å². The smallest absolute Gasteiger partial charge is 0.404 e. The fourth-order valence-electron chi connectivity index (χ4n) is 6.28. The van der Waals surface area contributed by atoms with Crippen LogP contribution in [0.15, 0.2) is 54.6 Å². The van der Waals surface area contributed by atoms with Crippen LogP contribution in [0.4, 0.5) is 5.69 Å². The van der Waals surface area contributed by atoms with Gasteiger partial charge in [0.15, 0.2) is 0 Å². The van der Waals surface area contributed by atoms with Crippen molar-refractivity contribution in [1.29, 1.82) is 0 Å². The molecule has 1 saturated heterocycles. The number of carbonyl (C=O) groups is 1. The van der Waals surface area contributed by atoms with Gasteiger partial charge in [-0.25, -0.2) is 0 Å². The molecule has 5 nitrogen and oxygen atoms in total. The second kappa shape index (κ2) is 11.8. The molecule has 1 N–H and O–H groups in total. The van der Waals surface area contributed by atoms with Crippen molar-refractivity contribution in [2.24, 2.45) is 17.3 Å². The summed E-state index contributed by atoms with van der Waals surface area (Å²) in [5.74, 6) is 0.739. The van der Waals surface area contributed by atoms with Gasteiger partial charge < -0.3 is 19.5 Å². The molecule has 1 aliphatic heterocycles. The second-order valence-electron chi connectivity index (χ2n) is 12.9. The minimum atomic E-state index is -0.460. The Bertz CT molecular complexity index is 1080. The van der Waals surface area contributed by atoms with Crippen LogP contribution in [0.1, 0.15) is 71.9 Å². The molecule has 0 spiro atoms. The van der Waals surface area contributed by atoms with E-state index >= 15 is 0 Å². The number of carbonyl (C=O) groups excluding carboxylic acids is 1. The number of rotatable bonds is 10.